The summed E-state index contributed by atoms with van der Waals surface area (Å²) in [6.45, 7) is 16.4. The Morgan fingerprint density at radius 1 is 0.785 bits per heavy atom. The Morgan fingerprint density at radius 2 is 1.43 bits per heavy atom. The number of benzene rings is 2. The van der Waals surface area contributed by atoms with E-state index in [1.807, 2.05) is 0 Å². The van der Waals surface area contributed by atoms with Crippen molar-refractivity contribution in [2.24, 2.45) is 5.92 Å². The lowest BCUT2D eigenvalue weighted by Gasteiger charge is -2.31. The van der Waals surface area contributed by atoms with Gasteiger partial charge in [-0.25, -0.2) is 4.79 Å². The number of rotatable bonds is 26. The molecule has 22 heteroatoms. The number of morpholine rings is 1. The van der Waals surface area contributed by atoms with Gasteiger partial charge in [-0.15, -0.1) is 12.6 Å². The molecule has 0 unspecified atom stereocenters. The number of carbonyl (C=O) groups is 5. The van der Waals surface area contributed by atoms with Gasteiger partial charge < -0.3 is 41.1 Å². The first-order valence-electron chi connectivity index (χ1n) is 28.1. The molecule has 2 aromatic rings. The molecule has 1 aliphatic carbocycles. The number of carbonyl (C=O) groups excluding carboxylic acids is 5. The second-order valence-electron chi connectivity index (χ2n) is 21.8. The fraction of sp³-hybridized carbons (Fsp3) is 0.614. The molecule has 0 bridgehead atoms. The first-order valence-corrected chi connectivity index (χ1v) is 30.6. The van der Waals surface area contributed by atoms with Crippen molar-refractivity contribution in [3.8, 4) is 0 Å². The van der Waals surface area contributed by atoms with Crippen LogP contribution in [-0.4, -0.2) is 142 Å². The molecule has 2 atom stereocenters. The molecule has 1 saturated heterocycles. The first-order chi connectivity index (χ1) is 37.6. The Morgan fingerprint density at radius 3 is 2.09 bits per heavy atom. The Kier molecular flexibility index (Phi) is 24.7. The molecule has 1 saturated carbocycles. The van der Waals surface area contributed by atoms with Crippen LogP contribution in [0.3, 0.4) is 0 Å². The minimum atomic E-state index is -4.43. The van der Waals surface area contributed by atoms with Crippen molar-refractivity contribution in [3.63, 3.8) is 0 Å². The summed E-state index contributed by atoms with van der Waals surface area (Å²) >= 11 is 0. The number of nitrogens with zero attached hydrogens (tertiary/aromatic N) is 3. The normalized spacial score (nSPS) is 18.0. The van der Waals surface area contributed by atoms with E-state index < -0.39 is 50.0 Å². The molecule has 4 aliphatic rings. The number of amides is 6. The molecule has 6 rings (SSSR count). The van der Waals surface area contributed by atoms with Crippen molar-refractivity contribution in [2.75, 3.05) is 63.9 Å². The number of hydrogen-bond donors (Lipinski definition) is 6. The molecule has 0 radical (unpaired) electrons. The van der Waals surface area contributed by atoms with Crippen molar-refractivity contribution in [1.82, 2.24) is 31.5 Å². The minimum absolute atomic E-state index is 0.116. The van der Waals surface area contributed by atoms with Gasteiger partial charge >= 0.3 is 16.6 Å². The van der Waals surface area contributed by atoms with Crippen LogP contribution in [0, 0.1) is 5.92 Å². The Labute approximate surface area is 468 Å². The van der Waals surface area contributed by atoms with Crippen molar-refractivity contribution in [1.29, 1.82) is 0 Å². The highest BCUT2D eigenvalue weighted by Gasteiger charge is 2.45. The number of allylic oxidation sites excluding steroid dienone is 4. The molecule has 79 heavy (non-hydrogen) atoms. The summed E-state index contributed by atoms with van der Waals surface area (Å²) in [6.07, 6.45) is 17.6. The second-order valence-corrected chi connectivity index (χ2v) is 23.6. The predicted molar refractivity (Wildman–Crippen MR) is 303 cm³/mol. The highest BCUT2D eigenvalue weighted by Crippen LogP contribution is 2.47. The molecule has 6 amide bonds. The SMILES string of the molecule is CCCCCC(=O)NCC[C@H](NC(=O)[C@H](CC1CCCCC1)NC(=O)N1CCOCC1)C(=O)NCCNC(=O)CCCCC[N+]1=C(C=CC=C2N(CC)c3ccccc3C2(C)C)C(C)(C)c2cc(S(=O)(=O)O)ccc21.O=S(=O)=O. The zero-order chi connectivity index (χ0) is 57.8. The molecule has 3 aliphatic heterocycles. The third-order valence-corrected chi connectivity index (χ3v) is 16.3. The van der Waals surface area contributed by atoms with Gasteiger partial charge in [0.25, 0.3) is 10.1 Å². The Hall–Kier alpha value is -5.97. The Bertz CT molecular complexity index is 2760. The quantitative estimate of drug-likeness (QED) is 0.0343. The van der Waals surface area contributed by atoms with Crippen LogP contribution in [0.4, 0.5) is 16.2 Å². The van der Waals surface area contributed by atoms with E-state index in [0.717, 1.165) is 87.7 Å². The monoisotopic (exact) mass is 1140 g/mol. The van der Waals surface area contributed by atoms with Gasteiger partial charge in [-0.05, 0) is 88.6 Å². The number of anilines is 1. The average Bonchev–Trinajstić information content (AvgIpc) is 3.88. The zero-order valence-corrected chi connectivity index (χ0v) is 48.7. The highest BCUT2D eigenvalue weighted by atomic mass is 32.2. The van der Waals surface area contributed by atoms with E-state index in [9.17, 15) is 36.9 Å². The second kappa shape index (κ2) is 30.6. The molecule has 3 heterocycles. The van der Waals surface area contributed by atoms with Crippen LogP contribution in [0.25, 0.3) is 0 Å². The van der Waals surface area contributed by atoms with Crippen molar-refractivity contribution in [3.05, 3.63) is 77.5 Å². The summed E-state index contributed by atoms with van der Waals surface area (Å²) in [6, 6.07) is 11.1. The number of para-hydroxylation sites is 1. The fourth-order valence-electron chi connectivity index (χ4n) is 11.1. The van der Waals surface area contributed by atoms with Crippen LogP contribution in [0.5, 0.6) is 0 Å². The minimum Gasteiger partial charge on any atom is -0.378 e. The molecule has 20 nitrogen and oxygen atoms in total. The van der Waals surface area contributed by atoms with Crippen molar-refractivity contribution in [2.45, 2.75) is 166 Å². The summed E-state index contributed by atoms with van der Waals surface area (Å²) in [5.41, 5.74) is 5.51. The van der Waals surface area contributed by atoms with Crippen LogP contribution in [0.1, 0.15) is 149 Å². The predicted octanol–water partition coefficient (Wildman–Crippen LogP) is 6.31. The van der Waals surface area contributed by atoms with Crippen LogP contribution in [0.2, 0.25) is 0 Å². The zero-order valence-electron chi connectivity index (χ0n) is 47.1. The first kappa shape index (κ1) is 63.9. The molecule has 436 valence electrons. The van der Waals surface area contributed by atoms with Crippen LogP contribution >= 0.6 is 0 Å². The number of unbranched alkanes of at least 4 members (excludes halogenated alkanes) is 4. The van der Waals surface area contributed by atoms with Crippen molar-refractivity contribution < 1.29 is 58.9 Å². The lowest BCUT2D eigenvalue weighted by molar-refractivity contribution is -0.438. The van der Waals surface area contributed by atoms with E-state index in [1.54, 1.807) is 17.0 Å². The topological polar surface area (TPSA) is 270 Å². The molecular formula is C57H85N8O12S2+. The molecule has 6 N–H and O–H groups in total. The lowest BCUT2D eigenvalue weighted by Crippen LogP contribution is -2.57. The number of urea groups is 1. The maximum Gasteiger partial charge on any atom is 0.425 e. The number of ether oxygens (including phenoxy) is 1. The van der Waals surface area contributed by atoms with E-state index in [-0.39, 0.29) is 66.5 Å². The van der Waals surface area contributed by atoms with Gasteiger partial charge in [0.1, 0.15) is 18.6 Å². The number of likely N-dealkylation sites (N-methyl/N-ethyl adjacent to an activating group) is 1. The van der Waals surface area contributed by atoms with E-state index >= 15 is 0 Å². The molecule has 0 aromatic heterocycles. The average molecular weight is 1140 g/mol. The molecule has 0 spiro atoms. The van der Waals surface area contributed by atoms with E-state index in [1.165, 1.54) is 23.0 Å². The Balaban J connectivity index is 0.00000277. The standard InChI is InChI=1S/C57H84N8O9S.O3S/c1-7-9-12-26-51(66)58-31-30-45(61-54(69)46(39-41-20-13-10-14-21-41)62-55(70)63-35-37-74-38-36-63)53(68)60-33-32-59-52(67)27-15-11-18-34-65-48-29-28-42(75(71,72)73)40-44(48)57(5,6)50(65)25-19-24-49-56(3,4)43-22-16-17-23-47(43)64(49)8-2;1-4(2)3/h16-17,19,22-25,28-29,40-41,45-46H,7-15,18,20-21,26-27,30-39H2,1-6H3,(H5-,58,59,60,61,62,66,67,68,69,70,71,72,73);/p+1/t45-,46-;/m0./s1. The van der Waals surface area contributed by atoms with Gasteiger partial charge in [0.2, 0.25) is 29.3 Å². The number of nitrogens with one attached hydrogen (secondary N) is 5. The third kappa shape index (κ3) is 18.5. The molecule has 2 aromatic carbocycles. The molecular weight excluding hydrogens is 1050 g/mol. The van der Waals surface area contributed by atoms with Gasteiger partial charge in [0, 0.05) is 93.0 Å². The van der Waals surface area contributed by atoms with Gasteiger partial charge in [-0.2, -0.15) is 13.0 Å². The maximum atomic E-state index is 14.0. The van der Waals surface area contributed by atoms with Crippen LogP contribution < -0.4 is 31.5 Å². The fourth-order valence-corrected chi connectivity index (χ4v) is 11.6. The summed E-state index contributed by atoms with van der Waals surface area (Å²) in [7, 11) is -7.54. The molecule has 2 fully saturated rings. The number of fused-ring (bicyclic) bond motifs is 2. The maximum absolute atomic E-state index is 14.0. The van der Waals surface area contributed by atoms with Crippen LogP contribution in [-0.2, 0) is 55.5 Å². The van der Waals surface area contributed by atoms with Crippen LogP contribution in [0.15, 0.2) is 71.3 Å². The summed E-state index contributed by atoms with van der Waals surface area (Å²) in [5.74, 6) is -0.907. The van der Waals surface area contributed by atoms with Gasteiger partial charge in [-0.3, -0.25) is 23.7 Å². The van der Waals surface area contributed by atoms with Gasteiger partial charge in [0.15, 0.2) is 5.71 Å². The van der Waals surface area contributed by atoms with Crippen molar-refractivity contribution >= 4 is 67.5 Å². The van der Waals surface area contributed by atoms with E-state index in [0.29, 0.717) is 52.1 Å². The summed E-state index contributed by atoms with van der Waals surface area (Å²) < 4.78 is 67.4. The van der Waals surface area contributed by atoms with Gasteiger partial charge in [0.05, 0.1) is 23.5 Å². The summed E-state index contributed by atoms with van der Waals surface area (Å²) in [5, 5.41) is 14.5. The third-order valence-electron chi connectivity index (χ3n) is 15.4. The lowest BCUT2D eigenvalue weighted by atomic mass is 9.81. The van der Waals surface area contributed by atoms with Gasteiger partial charge in [-0.1, -0.05) is 90.0 Å². The van der Waals surface area contributed by atoms with E-state index in [2.05, 4.69) is 120 Å². The smallest absolute Gasteiger partial charge is 0.378 e. The highest BCUT2D eigenvalue weighted by molar-refractivity contribution is 7.85. The summed E-state index contributed by atoms with van der Waals surface area (Å²) in [4.78, 5) is 70.6. The number of hydrogen-bond acceptors (Lipinski definition) is 12. The largest absolute Gasteiger partial charge is 0.425 e. The van der Waals surface area contributed by atoms with E-state index in [4.69, 9.17) is 17.4 Å².